The first-order valence-electron chi connectivity index (χ1n) is 6.33. The maximum atomic E-state index is 11.8. The van der Waals surface area contributed by atoms with Gasteiger partial charge in [-0.15, -0.1) is 0 Å². The first-order valence-corrected chi connectivity index (χ1v) is 6.33. The van der Waals surface area contributed by atoms with Crippen molar-refractivity contribution in [3.05, 3.63) is 29.8 Å². The minimum atomic E-state index is -0.260. The average Bonchev–Trinajstić information content (AvgIpc) is 2.37. The summed E-state index contributed by atoms with van der Waals surface area (Å²) in [6.07, 6.45) is 0.868. The quantitative estimate of drug-likeness (QED) is 0.875. The number of urea groups is 1. The van der Waals surface area contributed by atoms with Gasteiger partial charge >= 0.3 is 6.03 Å². The van der Waals surface area contributed by atoms with Gasteiger partial charge in [0.15, 0.2) is 0 Å². The monoisotopic (exact) mass is 263 g/mol. The predicted octanol–water partition coefficient (Wildman–Crippen LogP) is 2.31. The van der Waals surface area contributed by atoms with Crippen molar-refractivity contribution in [2.75, 3.05) is 19.4 Å². The van der Waals surface area contributed by atoms with Crippen molar-refractivity contribution in [1.29, 1.82) is 0 Å². The molecule has 0 aliphatic rings. The Morgan fingerprint density at radius 1 is 1.32 bits per heavy atom. The van der Waals surface area contributed by atoms with Crippen LogP contribution in [0.4, 0.5) is 10.5 Å². The maximum absolute atomic E-state index is 11.8. The molecule has 1 aromatic rings. The van der Waals surface area contributed by atoms with Crippen molar-refractivity contribution in [3.63, 3.8) is 0 Å². The summed E-state index contributed by atoms with van der Waals surface area (Å²) < 4.78 is 0. The molecule has 0 heterocycles. The van der Waals surface area contributed by atoms with Crippen molar-refractivity contribution < 1.29 is 9.59 Å². The van der Waals surface area contributed by atoms with E-state index in [9.17, 15) is 9.59 Å². The van der Waals surface area contributed by atoms with E-state index in [-0.39, 0.29) is 18.0 Å². The van der Waals surface area contributed by atoms with Crippen LogP contribution in [0.3, 0.4) is 0 Å². The second-order valence-corrected chi connectivity index (χ2v) is 4.69. The van der Waals surface area contributed by atoms with Crippen LogP contribution in [0.5, 0.6) is 0 Å². The summed E-state index contributed by atoms with van der Waals surface area (Å²) >= 11 is 0. The molecule has 0 spiro atoms. The summed E-state index contributed by atoms with van der Waals surface area (Å²) in [6, 6.07) is 6.74. The summed E-state index contributed by atoms with van der Waals surface area (Å²) in [7, 11) is 3.39. The zero-order chi connectivity index (χ0) is 14.4. The molecule has 0 fully saturated rings. The van der Waals surface area contributed by atoms with Crippen LogP contribution in [0.25, 0.3) is 0 Å². The van der Waals surface area contributed by atoms with Crippen molar-refractivity contribution in [1.82, 2.24) is 10.2 Å². The lowest BCUT2D eigenvalue weighted by atomic mass is 10.2. The second-order valence-electron chi connectivity index (χ2n) is 4.69. The summed E-state index contributed by atoms with van der Waals surface area (Å²) in [5.74, 6) is -0.0917. The lowest BCUT2D eigenvalue weighted by Gasteiger charge is -2.14. The normalized spacial score (nSPS) is 11.6. The third-order valence-electron chi connectivity index (χ3n) is 2.76. The minimum absolute atomic E-state index is 0.0917. The Bertz CT molecular complexity index is 458. The van der Waals surface area contributed by atoms with E-state index in [1.165, 1.54) is 4.90 Å². The fourth-order valence-corrected chi connectivity index (χ4v) is 1.48. The number of nitrogens with zero attached hydrogens (tertiary/aromatic N) is 1. The molecule has 19 heavy (non-hydrogen) atoms. The molecule has 0 aromatic heterocycles. The van der Waals surface area contributed by atoms with Gasteiger partial charge in [0, 0.05) is 31.4 Å². The van der Waals surface area contributed by atoms with Crippen LogP contribution in [-0.2, 0) is 0 Å². The lowest BCUT2D eigenvalue weighted by molar-refractivity contribution is 0.0827. The largest absolute Gasteiger partial charge is 0.345 e. The number of anilines is 1. The van der Waals surface area contributed by atoms with Crippen LogP contribution in [0.2, 0.25) is 0 Å². The van der Waals surface area contributed by atoms with Gasteiger partial charge in [0.2, 0.25) is 0 Å². The third-order valence-corrected chi connectivity index (χ3v) is 2.76. The fraction of sp³-hybridized carbons (Fsp3) is 0.429. The Hall–Kier alpha value is -2.04. The molecule has 1 aromatic carbocycles. The Kier molecular flexibility index (Phi) is 5.36. The number of hydrogen-bond acceptors (Lipinski definition) is 2. The third kappa shape index (κ3) is 4.62. The van der Waals surface area contributed by atoms with Gasteiger partial charge in [-0.25, -0.2) is 4.79 Å². The van der Waals surface area contributed by atoms with E-state index in [1.807, 2.05) is 13.8 Å². The summed E-state index contributed by atoms with van der Waals surface area (Å²) in [5.41, 5.74) is 1.15. The number of carbonyl (C=O) groups is 2. The van der Waals surface area contributed by atoms with E-state index in [0.717, 1.165) is 6.42 Å². The highest BCUT2D eigenvalue weighted by atomic mass is 16.2. The highest BCUT2D eigenvalue weighted by molar-refractivity contribution is 5.96. The summed E-state index contributed by atoms with van der Waals surface area (Å²) in [4.78, 5) is 25.0. The zero-order valence-corrected chi connectivity index (χ0v) is 11.9. The molecule has 104 valence electrons. The molecular formula is C14H21N3O2. The molecule has 0 saturated carbocycles. The van der Waals surface area contributed by atoms with Gasteiger partial charge in [-0.1, -0.05) is 13.0 Å². The molecule has 1 atom stereocenters. The van der Waals surface area contributed by atoms with Gasteiger partial charge in [-0.05, 0) is 31.5 Å². The highest BCUT2D eigenvalue weighted by Crippen LogP contribution is 2.12. The second kappa shape index (κ2) is 6.78. The highest BCUT2D eigenvalue weighted by Gasteiger charge is 2.10. The molecule has 0 bridgehead atoms. The molecular weight excluding hydrogens is 242 g/mol. The van der Waals surface area contributed by atoms with E-state index in [4.69, 9.17) is 0 Å². The number of benzene rings is 1. The molecule has 0 saturated heterocycles. The Morgan fingerprint density at radius 3 is 2.58 bits per heavy atom. The van der Waals surface area contributed by atoms with Crippen molar-refractivity contribution >= 4 is 17.6 Å². The van der Waals surface area contributed by atoms with Crippen LogP contribution in [-0.4, -0.2) is 37.0 Å². The molecule has 1 rings (SSSR count). The predicted molar refractivity (Wildman–Crippen MR) is 76.4 cm³/mol. The molecule has 0 unspecified atom stereocenters. The SMILES string of the molecule is CC[C@H](C)NC(=O)Nc1cccc(C(=O)N(C)C)c1. The molecule has 0 aliphatic heterocycles. The summed E-state index contributed by atoms with van der Waals surface area (Å²) in [5, 5.41) is 5.52. The number of carbonyl (C=O) groups excluding carboxylic acids is 2. The molecule has 5 heteroatoms. The number of nitrogens with one attached hydrogen (secondary N) is 2. The number of rotatable bonds is 4. The molecule has 5 nitrogen and oxygen atoms in total. The van der Waals surface area contributed by atoms with Crippen molar-refractivity contribution in [2.24, 2.45) is 0 Å². The molecule has 0 radical (unpaired) electrons. The van der Waals surface area contributed by atoms with Gasteiger partial charge in [0.05, 0.1) is 0 Å². The van der Waals surface area contributed by atoms with Gasteiger partial charge in [0.1, 0.15) is 0 Å². The van der Waals surface area contributed by atoms with E-state index < -0.39 is 0 Å². The molecule has 2 N–H and O–H groups in total. The van der Waals surface area contributed by atoms with Gasteiger partial charge in [-0.3, -0.25) is 4.79 Å². The lowest BCUT2D eigenvalue weighted by Crippen LogP contribution is -2.35. The number of hydrogen-bond donors (Lipinski definition) is 2. The number of amides is 3. The Balaban J connectivity index is 2.72. The van der Waals surface area contributed by atoms with Crippen LogP contribution < -0.4 is 10.6 Å². The average molecular weight is 263 g/mol. The fourth-order valence-electron chi connectivity index (χ4n) is 1.48. The molecule has 0 aliphatic carbocycles. The first kappa shape index (κ1) is 15.0. The van der Waals surface area contributed by atoms with Gasteiger partial charge in [0.25, 0.3) is 5.91 Å². The van der Waals surface area contributed by atoms with E-state index in [0.29, 0.717) is 11.3 Å². The first-order chi connectivity index (χ1) is 8.93. The standard InChI is InChI=1S/C14H21N3O2/c1-5-10(2)15-14(19)16-12-8-6-7-11(9-12)13(18)17(3)4/h6-10H,5H2,1-4H3,(H2,15,16,19)/t10-/m0/s1. The Labute approximate surface area is 114 Å². The minimum Gasteiger partial charge on any atom is -0.345 e. The van der Waals surface area contributed by atoms with Crippen LogP contribution in [0.1, 0.15) is 30.6 Å². The van der Waals surface area contributed by atoms with E-state index in [1.54, 1.807) is 38.4 Å². The van der Waals surface area contributed by atoms with Crippen LogP contribution in [0.15, 0.2) is 24.3 Å². The summed E-state index contributed by atoms with van der Waals surface area (Å²) in [6.45, 7) is 3.94. The van der Waals surface area contributed by atoms with Crippen molar-refractivity contribution in [2.45, 2.75) is 26.3 Å². The maximum Gasteiger partial charge on any atom is 0.319 e. The van der Waals surface area contributed by atoms with Crippen LogP contribution >= 0.6 is 0 Å². The molecule has 3 amide bonds. The van der Waals surface area contributed by atoms with Gasteiger partial charge < -0.3 is 15.5 Å². The Morgan fingerprint density at radius 2 is 2.00 bits per heavy atom. The van der Waals surface area contributed by atoms with Crippen LogP contribution in [0, 0.1) is 0 Å². The topological polar surface area (TPSA) is 61.4 Å². The smallest absolute Gasteiger partial charge is 0.319 e. The zero-order valence-electron chi connectivity index (χ0n) is 11.9. The van der Waals surface area contributed by atoms with E-state index in [2.05, 4.69) is 10.6 Å². The van der Waals surface area contributed by atoms with E-state index >= 15 is 0 Å². The van der Waals surface area contributed by atoms with Crippen molar-refractivity contribution in [3.8, 4) is 0 Å². The van der Waals surface area contributed by atoms with Gasteiger partial charge in [-0.2, -0.15) is 0 Å².